The Balaban J connectivity index is 2.33. The molecule has 0 atom stereocenters. The third kappa shape index (κ3) is 3.84. The molecule has 0 spiro atoms. The van der Waals surface area contributed by atoms with Gasteiger partial charge in [0.05, 0.1) is 23.8 Å². The molecule has 0 bridgehead atoms. The number of carbonyl (C=O) groups is 1. The molecule has 2 aromatic rings. The van der Waals surface area contributed by atoms with Crippen LogP contribution in [0.5, 0.6) is 0 Å². The molecule has 112 valence electrons. The van der Waals surface area contributed by atoms with Gasteiger partial charge in [0.2, 0.25) is 0 Å². The van der Waals surface area contributed by atoms with E-state index in [2.05, 4.69) is 10.3 Å². The molecule has 21 heavy (non-hydrogen) atoms. The van der Waals surface area contributed by atoms with Gasteiger partial charge in [-0.1, -0.05) is 0 Å². The van der Waals surface area contributed by atoms with Crippen molar-refractivity contribution >= 4 is 17.2 Å². The van der Waals surface area contributed by atoms with Gasteiger partial charge in [0.25, 0.3) is 5.91 Å². The Bertz CT molecular complexity index is 613. The lowest BCUT2D eigenvalue weighted by Crippen LogP contribution is -2.26. The number of aliphatic hydroxyl groups excluding tert-OH is 1. The number of ether oxygens (including phenoxy) is 1. The van der Waals surface area contributed by atoms with Crippen molar-refractivity contribution in [3.05, 3.63) is 40.0 Å². The topological polar surface area (TPSA) is 71.5 Å². The standard InChI is InChI=1S/C14H15FN2O3S/c1-20-8-11-12(9-2-4-10(15)5-3-9)17-14(21-11)13(19)16-6-7-18/h2-5,18H,6-8H2,1H3,(H,16,19). The van der Waals surface area contributed by atoms with Gasteiger partial charge in [0.15, 0.2) is 5.01 Å². The maximum Gasteiger partial charge on any atom is 0.280 e. The Kier molecular flexibility index (Phi) is 5.38. The van der Waals surface area contributed by atoms with Gasteiger partial charge in [-0.2, -0.15) is 0 Å². The van der Waals surface area contributed by atoms with Crippen LogP contribution >= 0.6 is 11.3 Å². The number of nitrogens with one attached hydrogen (secondary N) is 1. The lowest BCUT2D eigenvalue weighted by Gasteiger charge is -2.01. The molecule has 2 N–H and O–H groups in total. The fraction of sp³-hybridized carbons (Fsp3) is 0.286. The molecule has 1 amide bonds. The quantitative estimate of drug-likeness (QED) is 0.854. The van der Waals surface area contributed by atoms with Crippen molar-refractivity contribution < 1.29 is 19.0 Å². The van der Waals surface area contributed by atoms with Crippen LogP contribution in [0.4, 0.5) is 4.39 Å². The molecule has 0 saturated heterocycles. The van der Waals surface area contributed by atoms with Crippen LogP contribution < -0.4 is 5.32 Å². The number of thiazole rings is 1. The molecule has 7 heteroatoms. The number of nitrogens with zero attached hydrogens (tertiary/aromatic N) is 1. The number of halogens is 1. The highest BCUT2D eigenvalue weighted by atomic mass is 32.1. The molecule has 0 fully saturated rings. The van der Waals surface area contributed by atoms with Gasteiger partial charge < -0.3 is 15.2 Å². The van der Waals surface area contributed by atoms with E-state index in [0.717, 1.165) is 10.4 Å². The van der Waals surface area contributed by atoms with Gasteiger partial charge >= 0.3 is 0 Å². The van der Waals surface area contributed by atoms with Crippen molar-refractivity contribution in [1.29, 1.82) is 0 Å². The highest BCUT2D eigenvalue weighted by Gasteiger charge is 2.17. The van der Waals surface area contributed by atoms with Crippen LogP contribution in [0.2, 0.25) is 0 Å². The third-order valence-electron chi connectivity index (χ3n) is 2.68. The number of benzene rings is 1. The summed E-state index contributed by atoms with van der Waals surface area (Å²) >= 11 is 1.22. The average molecular weight is 310 g/mol. The van der Waals surface area contributed by atoms with Crippen LogP contribution in [0.1, 0.15) is 14.7 Å². The number of amides is 1. The first-order valence-electron chi connectivity index (χ1n) is 6.29. The van der Waals surface area contributed by atoms with E-state index in [9.17, 15) is 9.18 Å². The highest BCUT2D eigenvalue weighted by molar-refractivity contribution is 7.14. The summed E-state index contributed by atoms with van der Waals surface area (Å²) in [6.45, 7) is 0.356. The number of aliphatic hydroxyl groups is 1. The minimum atomic E-state index is -0.347. The van der Waals surface area contributed by atoms with Crippen LogP contribution in [0.25, 0.3) is 11.3 Å². The number of methoxy groups -OCH3 is 1. The van der Waals surface area contributed by atoms with Crippen molar-refractivity contribution in [2.45, 2.75) is 6.61 Å². The zero-order valence-electron chi connectivity index (χ0n) is 11.4. The molecule has 0 radical (unpaired) electrons. The van der Waals surface area contributed by atoms with Gasteiger partial charge in [-0.3, -0.25) is 4.79 Å². The van der Waals surface area contributed by atoms with Gasteiger partial charge in [-0.25, -0.2) is 9.37 Å². The summed E-state index contributed by atoms with van der Waals surface area (Å²) in [5, 5.41) is 11.6. The number of hydrogen-bond acceptors (Lipinski definition) is 5. The van der Waals surface area contributed by atoms with Crippen molar-refractivity contribution in [2.24, 2.45) is 0 Å². The smallest absolute Gasteiger partial charge is 0.280 e. The molecule has 0 unspecified atom stereocenters. The van der Waals surface area contributed by atoms with Crippen LogP contribution in [-0.4, -0.2) is 36.3 Å². The van der Waals surface area contributed by atoms with E-state index < -0.39 is 0 Å². The summed E-state index contributed by atoms with van der Waals surface area (Å²) in [6.07, 6.45) is 0. The van der Waals surface area contributed by atoms with Gasteiger partial charge in [0.1, 0.15) is 5.82 Å². The Morgan fingerprint density at radius 1 is 1.43 bits per heavy atom. The fourth-order valence-corrected chi connectivity index (χ4v) is 2.73. The van der Waals surface area contributed by atoms with E-state index in [1.807, 2.05) is 0 Å². The molecule has 1 heterocycles. The van der Waals surface area contributed by atoms with E-state index in [-0.39, 0.29) is 29.9 Å². The van der Waals surface area contributed by atoms with Gasteiger partial charge in [0, 0.05) is 19.2 Å². The fourth-order valence-electron chi connectivity index (χ4n) is 1.76. The first-order valence-corrected chi connectivity index (χ1v) is 7.11. The van der Waals surface area contributed by atoms with E-state index in [4.69, 9.17) is 9.84 Å². The molecule has 5 nitrogen and oxygen atoms in total. The van der Waals surface area contributed by atoms with E-state index >= 15 is 0 Å². The molecule has 0 saturated carbocycles. The summed E-state index contributed by atoms with van der Waals surface area (Å²) in [5.41, 5.74) is 1.33. The van der Waals surface area contributed by atoms with Crippen molar-refractivity contribution in [3.8, 4) is 11.3 Å². The normalized spacial score (nSPS) is 10.6. The van der Waals surface area contributed by atoms with Crippen LogP contribution in [0.3, 0.4) is 0 Å². The van der Waals surface area contributed by atoms with Gasteiger partial charge in [-0.15, -0.1) is 11.3 Å². The Morgan fingerprint density at radius 2 is 2.14 bits per heavy atom. The zero-order chi connectivity index (χ0) is 15.2. The van der Waals surface area contributed by atoms with Crippen LogP contribution in [-0.2, 0) is 11.3 Å². The minimum absolute atomic E-state index is 0.132. The largest absolute Gasteiger partial charge is 0.395 e. The molecule has 0 aliphatic heterocycles. The molecular formula is C14H15FN2O3S. The van der Waals surface area contributed by atoms with E-state index in [1.165, 1.54) is 23.5 Å². The molecule has 0 aliphatic rings. The molecule has 0 aliphatic carbocycles. The summed E-state index contributed by atoms with van der Waals surface area (Å²) < 4.78 is 18.1. The van der Waals surface area contributed by atoms with Crippen LogP contribution in [0.15, 0.2) is 24.3 Å². The summed E-state index contributed by atoms with van der Waals surface area (Å²) in [4.78, 5) is 17.0. The van der Waals surface area contributed by atoms with Crippen molar-refractivity contribution in [2.75, 3.05) is 20.3 Å². The predicted octanol–water partition coefficient (Wildman–Crippen LogP) is 1.82. The number of rotatable bonds is 6. The lowest BCUT2D eigenvalue weighted by atomic mass is 10.1. The highest BCUT2D eigenvalue weighted by Crippen LogP contribution is 2.29. The minimum Gasteiger partial charge on any atom is -0.395 e. The van der Waals surface area contributed by atoms with E-state index in [1.54, 1.807) is 19.2 Å². The Labute approximate surface area is 125 Å². The monoisotopic (exact) mass is 310 g/mol. The first-order chi connectivity index (χ1) is 10.2. The molecule has 2 rings (SSSR count). The maximum absolute atomic E-state index is 13.0. The Hall–Kier alpha value is -1.83. The Morgan fingerprint density at radius 3 is 2.76 bits per heavy atom. The second-order valence-electron chi connectivity index (χ2n) is 4.21. The first kappa shape index (κ1) is 15.6. The second kappa shape index (κ2) is 7.26. The SMILES string of the molecule is COCc1sc(C(=O)NCCO)nc1-c1ccc(F)cc1. The average Bonchev–Trinajstić information content (AvgIpc) is 2.90. The number of aromatic nitrogens is 1. The van der Waals surface area contributed by atoms with E-state index in [0.29, 0.717) is 12.3 Å². The van der Waals surface area contributed by atoms with Crippen molar-refractivity contribution in [1.82, 2.24) is 10.3 Å². The summed E-state index contributed by atoms with van der Waals surface area (Å²) in [5.74, 6) is -0.678. The third-order valence-corrected chi connectivity index (χ3v) is 3.71. The summed E-state index contributed by atoms with van der Waals surface area (Å²) in [7, 11) is 1.56. The molecule has 1 aromatic carbocycles. The predicted molar refractivity (Wildman–Crippen MR) is 77.6 cm³/mol. The second-order valence-corrected chi connectivity index (χ2v) is 5.29. The zero-order valence-corrected chi connectivity index (χ0v) is 12.2. The lowest BCUT2D eigenvalue weighted by molar-refractivity contribution is 0.0944. The maximum atomic E-state index is 13.0. The number of hydrogen-bond donors (Lipinski definition) is 2. The number of carbonyl (C=O) groups excluding carboxylic acids is 1. The molecule has 1 aromatic heterocycles. The van der Waals surface area contributed by atoms with Gasteiger partial charge in [-0.05, 0) is 24.3 Å². The summed E-state index contributed by atoms with van der Waals surface area (Å²) in [6, 6.07) is 5.91. The van der Waals surface area contributed by atoms with Crippen LogP contribution in [0, 0.1) is 5.82 Å². The van der Waals surface area contributed by atoms with Crippen molar-refractivity contribution in [3.63, 3.8) is 0 Å². The molecular weight excluding hydrogens is 295 g/mol.